The van der Waals surface area contributed by atoms with Gasteiger partial charge in [-0.3, -0.25) is 14.2 Å². The Labute approximate surface area is 165 Å². The molecule has 0 aliphatic heterocycles. The highest BCUT2D eigenvalue weighted by molar-refractivity contribution is 7.99. The Balaban J connectivity index is 2.00. The molecular formula is C19H20N4O2S2. The Morgan fingerprint density at radius 1 is 1.52 bits per heavy atom. The van der Waals surface area contributed by atoms with E-state index in [-0.39, 0.29) is 22.8 Å². The molecule has 1 unspecified atom stereocenters. The zero-order valence-electron chi connectivity index (χ0n) is 15.1. The van der Waals surface area contributed by atoms with Crippen LogP contribution in [0, 0.1) is 22.7 Å². The Morgan fingerprint density at radius 2 is 2.26 bits per heavy atom. The standard InChI is InChI=1S/C19H20N4O2S2/c1-3-8-23-18(25)16-12-6-4-5-7-15(12)27-17(16)22-19(23)26-10-14(24)13(9-20)11(2)21/h3,13,21H,1,4-8,10H2,2H3. The maximum atomic E-state index is 13.1. The molecule has 0 fully saturated rings. The van der Waals surface area contributed by atoms with E-state index in [1.165, 1.54) is 11.8 Å². The van der Waals surface area contributed by atoms with Gasteiger partial charge in [0.15, 0.2) is 10.9 Å². The Hall–Kier alpha value is -2.24. The van der Waals surface area contributed by atoms with Crippen LogP contribution in [0.25, 0.3) is 10.2 Å². The average molecular weight is 401 g/mol. The second-order valence-corrected chi connectivity index (χ2v) is 8.52. The van der Waals surface area contributed by atoms with Gasteiger partial charge in [0.25, 0.3) is 5.56 Å². The molecule has 0 saturated carbocycles. The van der Waals surface area contributed by atoms with Crippen LogP contribution < -0.4 is 5.56 Å². The quantitative estimate of drug-likeness (QED) is 0.332. The van der Waals surface area contributed by atoms with Gasteiger partial charge < -0.3 is 5.41 Å². The third-order valence-corrected chi connectivity index (χ3v) is 6.76. The van der Waals surface area contributed by atoms with E-state index in [1.54, 1.807) is 22.0 Å². The molecule has 1 N–H and O–H groups in total. The molecule has 140 valence electrons. The second-order valence-electron chi connectivity index (χ2n) is 6.49. The van der Waals surface area contributed by atoms with E-state index >= 15 is 0 Å². The second kappa shape index (κ2) is 8.19. The molecule has 0 radical (unpaired) electrons. The summed E-state index contributed by atoms with van der Waals surface area (Å²) in [5, 5.41) is 17.8. The molecule has 6 nitrogen and oxygen atoms in total. The van der Waals surface area contributed by atoms with Crippen molar-refractivity contribution in [1.29, 1.82) is 10.7 Å². The minimum Gasteiger partial charge on any atom is -0.308 e. The number of nitriles is 1. The van der Waals surface area contributed by atoms with Crippen molar-refractivity contribution in [2.45, 2.75) is 44.3 Å². The van der Waals surface area contributed by atoms with E-state index in [0.717, 1.165) is 47.8 Å². The lowest BCUT2D eigenvalue weighted by Crippen LogP contribution is -2.25. The largest absolute Gasteiger partial charge is 0.308 e. The Bertz CT molecular complexity index is 1030. The lowest BCUT2D eigenvalue weighted by molar-refractivity contribution is -0.117. The van der Waals surface area contributed by atoms with Crippen LogP contribution >= 0.6 is 23.1 Å². The number of ketones is 1. The molecule has 2 aromatic rings. The molecule has 0 bridgehead atoms. The number of rotatable bonds is 7. The molecule has 1 atom stereocenters. The topological polar surface area (TPSA) is 99.6 Å². The number of carbonyl (C=O) groups excluding carboxylic acids is 1. The SMILES string of the molecule is C=CCn1c(SCC(=O)C(C#N)C(C)=N)nc2sc3c(c2c1=O)CCCC3. The number of carbonyl (C=O) groups is 1. The minimum absolute atomic E-state index is 0.00533. The molecule has 0 spiro atoms. The first-order chi connectivity index (χ1) is 13.0. The monoisotopic (exact) mass is 400 g/mol. The van der Waals surface area contributed by atoms with Crippen molar-refractivity contribution in [2.75, 3.05) is 5.75 Å². The van der Waals surface area contributed by atoms with E-state index in [2.05, 4.69) is 11.6 Å². The molecule has 2 heterocycles. The molecule has 27 heavy (non-hydrogen) atoms. The first-order valence-electron chi connectivity index (χ1n) is 8.74. The summed E-state index contributed by atoms with van der Waals surface area (Å²) in [6, 6.07) is 1.86. The van der Waals surface area contributed by atoms with Gasteiger partial charge >= 0.3 is 0 Å². The Morgan fingerprint density at radius 3 is 2.93 bits per heavy atom. The summed E-state index contributed by atoms with van der Waals surface area (Å²) in [6.07, 6.45) is 5.76. The van der Waals surface area contributed by atoms with Crippen molar-refractivity contribution in [3.05, 3.63) is 33.4 Å². The Kier molecular flexibility index (Phi) is 5.92. The average Bonchev–Trinajstić information content (AvgIpc) is 3.01. The predicted molar refractivity (Wildman–Crippen MR) is 109 cm³/mol. The van der Waals surface area contributed by atoms with Gasteiger partial charge in [0.05, 0.1) is 17.2 Å². The first kappa shape index (κ1) is 19.5. The molecule has 3 rings (SSSR count). The van der Waals surface area contributed by atoms with E-state index in [9.17, 15) is 9.59 Å². The fraction of sp³-hybridized carbons (Fsp3) is 0.421. The number of fused-ring (bicyclic) bond motifs is 3. The van der Waals surface area contributed by atoms with E-state index in [4.69, 9.17) is 10.7 Å². The number of allylic oxidation sites excluding steroid dienone is 1. The number of nitrogens with one attached hydrogen (secondary N) is 1. The summed E-state index contributed by atoms with van der Waals surface area (Å²) in [6.45, 7) is 5.48. The first-order valence-corrected chi connectivity index (χ1v) is 10.5. The van der Waals surface area contributed by atoms with Gasteiger partial charge in [0.1, 0.15) is 10.7 Å². The van der Waals surface area contributed by atoms with Crippen LogP contribution in [0.3, 0.4) is 0 Å². The summed E-state index contributed by atoms with van der Waals surface area (Å²) in [5.74, 6) is -1.40. The van der Waals surface area contributed by atoms with Crippen LogP contribution in [0.15, 0.2) is 22.6 Å². The molecule has 1 aliphatic rings. The van der Waals surface area contributed by atoms with Gasteiger partial charge in [-0.15, -0.1) is 17.9 Å². The van der Waals surface area contributed by atoms with Gasteiger partial charge in [-0.1, -0.05) is 17.8 Å². The van der Waals surface area contributed by atoms with Crippen molar-refractivity contribution in [2.24, 2.45) is 5.92 Å². The number of aromatic nitrogens is 2. The van der Waals surface area contributed by atoms with Gasteiger partial charge in [0, 0.05) is 17.1 Å². The highest BCUT2D eigenvalue weighted by atomic mass is 32.2. The number of thioether (sulfide) groups is 1. The summed E-state index contributed by atoms with van der Waals surface area (Å²) >= 11 is 2.71. The molecule has 0 aromatic carbocycles. The van der Waals surface area contributed by atoms with Crippen LogP contribution in [0.4, 0.5) is 0 Å². The normalized spacial score (nSPS) is 14.4. The van der Waals surface area contributed by atoms with Crippen LogP contribution in [-0.2, 0) is 24.2 Å². The molecule has 8 heteroatoms. The summed E-state index contributed by atoms with van der Waals surface area (Å²) < 4.78 is 1.55. The zero-order valence-corrected chi connectivity index (χ0v) is 16.7. The predicted octanol–water partition coefficient (Wildman–Crippen LogP) is 3.36. The van der Waals surface area contributed by atoms with E-state index < -0.39 is 5.92 Å². The summed E-state index contributed by atoms with van der Waals surface area (Å²) in [5.41, 5.74) is 1.07. The molecular weight excluding hydrogens is 380 g/mol. The van der Waals surface area contributed by atoms with Crippen molar-refractivity contribution >= 4 is 44.8 Å². The highest BCUT2D eigenvalue weighted by Gasteiger charge is 2.24. The number of hydrogen-bond acceptors (Lipinski definition) is 7. The number of thiophene rings is 1. The highest BCUT2D eigenvalue weighted by Crippen LogP contribution is 2.34. The minimum atomic E-state index is -1.05. The van der Waals surface area contributed by atoms with Crippen LogP contribution in [0.5, 0.6) is 0 Å². The van der Waals surface area contributed by atoms with Crippen molar-refractivity contribution in [1.82, 2.24) is 9.55 Å². The van der Waals surface area contributed by atoms with Gasteiger partial charge in [-0.2, -0.15) is 5.26 Å². The number of nitrogens with zero attached hydrogens (tertiary/aromatic N) is 3. The zero-order chi connectivity index (χ0) is 19.6. The van der Waals surface area contributed by atoms with Crippen molar-refractivity contribution in [3.63, 3.8) is 0 Å². The third-order valence-electron chi connectivity index (χ3n) is 4.58. The molecule has 2 aromatic heterocycles. The summed E-state index contributed by atoms with van der Waals surface area (Å²) in [4.78, 5) is 32.0. The van der Waals surface area contributed by atoms with Crippen LogP contribution in [0.1, 0.15) is 30.2 Å². The van der Waals surface area contributed by atoms with Gasteiger partial charge in [-0.05, 0) is 38.2 Å². The van der Waals surface area contributed by atoms with Gasteiger partial charge in [-0.25, -0.2) is 4.98 Å². The smallest absolute Gasteiger partial charge is 0.263 e. The lowest BCUT2D eigenvalue weighted by Gasteiger charge is -2.12. The van der Waals surface area contributed by atoms with Crippen LogP contribution in [-0.4, -0.2) is 26.8 Å². The molecule has 0 saturated heterocycles. The van der Waals surface area contributed by atoms with Crippen molar-refractivity contribution < 1.29 is 4.79 Å². The van der Waals surface area contributed by atoms with Crippen LogP contribution in [0.2, 0.25) is 0 Å². The third kappa shape index (κ3) is 3.75. The fourth-order valence-corrected chi connectivity index (χ4v) is 5.47. The molecule has 1 aliphatic carbocycles. The summed E-state index contributed by atoms with van der Waals surface area (Å²) in [7, 11) is 0. The number of aryl methyl sites for hydroxylation is 2. The van der Waals surface area contributed by atoms with E-state index in [0.29, 0.717) is 17.1 Å². The van der Waals surface area contributed by atoms with Crippen molar-refractivity contribution in [3.8, 4) is 6.07 Å². The van der Waals surface area contributed by atoms with Gasteiger partial charge in [0.2, 0.25) is 0 Å². The maximum Gasteiger partial charge on any atom is 0.263 e. The number of hydrogen-bond donors (Lipinski definition) is 1. The van der Waals surface area contributed by atoms with E-state index in [1.807, 2.05) is 6.07 Å². The fourth-order valence-electron chi connectivity index (χ4n) is 3.25. The molecule has 0 amide bonds. The maximum absolute atomic E-state index is 13.1. The number of Topliss-reactive ketones (excluding diaryl/α,β-unsaturated/α-hetero) is 1. The lowest BCUT2D eigenvalue weighted by atomic mass is 9.97.